The van der Waals surface area contributed by atoms with Gasteiger partial charge in [-0.1, -0.05) is 6.92 Å². The van der Waals surface area contributed by atoms with Gasteiger partial charge in [0.05, 0.1) is 19.2 Å². The molecule has 0 bridgehead atoms. The lowest BCUT2D eigenvalue weighted by atomic mass is 10.0. The van der Waals surface area contributed by atoms with Gasteiger partial charge in [-0.05, 0) is 53.2 Å². The van der Waals surface area contributed by atoms with Crippen molar-refractivity contribution < 1.29 is 23.8 Å². The van der Waals surface area contributed by atoms with Crippen molar-refractivity contribution in [1.82, 2.24) is 14.8 Å². The quantitative estimate of drug-likeness (QED) is 0.645. The number of hydrogen-bond acceptors (Lipinski definition) is 5. The van der Waals surface area contributed by atoms with Crippen molar-refractivity contribution in [3.05, 3.63) is 52.4 Å². The number of carbonyl (C=O) groups excluding carboxylic acids is 2. The van der Waals surface area contributed by atoms with Gasteiger partial charge < -0.3 is 25.0 Å². The molecule has 0 saturated heterocycles. The second kappa shape index (κ2) is 10.3. The van der Waals surface area contributed by atoms with E-state index >= 15 is 0 Å². The van der Waals surface area contributed by atoms with Crippen LogP contribution < -0.4 is 10.1 Å². The molecule has 2 aromatic rings. The third-order valence-corrected chi connectivity index (χ3v) is 5.82. The predicted molar refractivity (Wildman–Crippen MR) is 121 cm³/mol. The predicted octanol–water partition coefficient (Wildman–Crippen LogP) is 3.37. The summed E-state index contributed by atoms with van der Waals surface area (Å²) in [7, 11) is 1.63. The summed E-state index contributed by atoms with van der Waals surface area (Å²) in [6, 6.07) is 6.36. The van der Waals surface area contributed by atoms with E-state index in [0.717, 1.165) is 0 Å². The van der Waals surface area contributed by atoms with Crippen LogP contribution in [0.1, 0.15) is 24.2 Å². The molecule has 0 unspecified atom stereocenters. The molecule has 32 heavy (non-hydrogen) atoms. The molecular formula is C22H26BrFN4O4. The topological polar surface area (TPSA) is 95.0 Å². The Morgan fingerprint density at radius 1 is 1.44 bits per heavy atom. The van der Waals surface area contributed by atoms with Crippen LogP contribution in [0.15, 0.2) is 41.0 Å². The van der Waals surface area contributed by atoms with Crippen LogP contribution in [0.4, 0.5) is 14.9 Å². The zero-order chi connectivity index (χ0) is 23.4. The number of pyridine rings is 1. The number of aliphatic hydroxyl groups is 1. The first-order chi connectivity index (χ1) is 15.2. The summed E-state index contributed by atoms with van der Waals surface area (Å²) in [6.45, 7) is 4.08. The Kier molecular flexibility index (Phi) is 7.68. The number of nitrogens with one attached hydrogen (secondary N) is 1. The van der Waals surface area contributed by atoms with E-state index in [1.165, 1.54) is 29.2 Å². The normalized spacial score (nSPS) is 19.3. The Bertz CT molecular complexity index is 975. The second-order valence-corrected chi connectivity index (χ2v) is 8.86. The number of fused-ring (bicyclic) bond motifs is 1. The lowest BCUT2D eigenvalue weighted by molar-refractivity contribution is 0.0356. The zero-order valence-electron chi connectivity index (χ0n) is 18.1. The van der Waals surface area contributed by atoms with Crippen molar-refractivity contribution in [1.29, 1.82) is 0 Å². The van der Waals surface area contributed by atoms with E-state index in [0.29, 0.717) is 16.7 Å². The van der Waals surface area contributed by atoms with E-state index in [1.54, 1.807) is 31.1 Å². The molecule has 1 aromatic carbocycles. The standard InChI is InChI=1S/C22H26BrFN4O4/c1-13-10-28(14(2)12-29)21(30)18-8-15(23)9-25-20(18)32-19(13)11-27(3)22(31)26-17-6-4-16(24)5-7-17/h4-9,13-14,19,29H,10-12H2,1-3H3,(H,26,31)/t13-,14+,19-/m1/s1. The monoisotopic (exact) mass is 508 g/mol. The lowest BCUT2D eigenvalue weighted by Gasteiger charge is -2.37. The maximum atomic E-state index is 13.1. The van der Waals surface area contributed by atoms with Gasteiger partial charge in [0.2, 0.25) is 5.88 Å². The Hall–Kier alpha value is -2.72. The third kappa shape index (κ3) is 5.55. The molecule has 2 heterocycles. The molecule has 0 aliphatic carbocycles. The van der Waals surface area contributed by atoms with Gasteiger partial charge >= 0.3 is 6.03 Å². The highest BCUT2D eigenvalue weighted by molar-refractivity contribution is 9.10. The number of rotatable bonds is 5. The molecule has 10 heteroatoms. The highest BCUT2D eigenvalue weighted by Gasteiger charge is 2.34. The van der Waals surface area contributed by atoms with Gasteiger partial charge in [-0.25, -0.2) is 14.2 Å². The molecular weight excluding hydrogens is 483 g/mol. The lowest BCUT2D eigenvalue weighted by Crippen LogP contribution is -2.50. The van der Waals surface area contributed by atoms with Gasteiger partial charge in [0.1, 0.15) is 17.5 Å². The van der Waals surface area contributed by atoms with E-state index in [1.807, 2.05) is 6.92 Å². The maximum absolute atomic E-state index is 13.1. The molecule has 0 radical (unpaired) electrons. The highest BCUT2D eigenvalue weighted by Crippen LogP contribution is 2.28. The summed E-state index contributed by atoms with van der Waals surface area (Å²) < 4.78 is 19.8. The minimum Gasteiger partial charge on any atom is -0.472 e. The number of nitrogens with zero attached hydrogens (tertiary/aromatic N) is 3. The van der Waals surface area contributed by atoms with Crippen molar-refractivity contribution >= 4 is 33.6 Å². The van der Waals surface area contributed by atoms with Gasteiger partial charge in [0.25, 0.3) is 5.91 Å². The fourth-order valence-electron chi connectivity index (χ4n) is 3.40. The molecule has 3 rings (SSSR count). The first-order valence-corrected chi connectivity index (χ1v) is 11.0. The maximum Gasteiger partial charge on any atom is 0.321 e. The Balaban J connectivity index is 1.81. The van der Waals surface area contributed by atoms with Gasteiger partial charge in [-0.3, -0.25) is 4.79 Å². The fraction of sp³-hybridized carbons (Fsp3) is 0.409. The average molecular weight is 509 g/mol. The number of ether oxygens (including phenoxy) is 1. The molecule has 3 atom stereocenters. The Morgan fingerprint density at radius 3 is 2.78 bits per heavy atom. The van der Waals surface area contributed by atoms with Gasteiger partial charge in [-0.15, -0.1) is 0 Å². The molecule has 0 fully saturated rings. The van der Waals surface area contributed by atoms with Crippen molar-refractivity contribution in [2.24, 2.45) is 5.92 Å². The summed E-state index contributed by atoms with van der Waals surface area (Å²) >= 11 is 3.34. The minimum atomic E-state index is -0.465. The zero-order valence-corrected chi connectivity index (χ0v) is 19.7. The third-order valence-electron chi connectivity index (χ3n) is 5.38. The van der Waals surface area contributed by atoms with Crippen LogP contribution in [-0.4, -0.2) is 70.7 Å². The van der Waals surface area contributed by atoms with Crippen LogP contribution in [-0.2, 0) is 0 Å². The van der Waals surface area contributed by atoms with E-state index in [4.69, 9.17) is 4.74 Å². The minimum absolute atomic E-state index is 0.160. The number of aromatic nitrogens is 1. The summed E-state index contributed by atoms with van der Waals surface area (Å²) in [5.41, 5.74) is 0.760. The largest absolute Gasteiger partial charge is 0.472 e. The fourth-order valence-corrected chi connectivity index (χ4v) is 3.73. The number of urea groups is 1. The van der Waals surface area contributed by atoms with Crippen molar-refractivity contribution in [2.75, 3.05) is 32.1 Å². The average Bonchev–Trinajstić information content (AvgIpc) is 2.77. The highest BCUT2D eigenvalue weighted by atomic mass is 79.9. The first kappa shape index (κ1) is 23.9. The number of amides is 3. The number of benzene rings is 1. The number of aliphatic hydroxyl groups excluding tert-OH is 1. The Morgan fingerprint density at radius 2 is 2.12 bits per heavy atom. The van der Waals surface area contributed by atoms with E-state index in [2.05, 4.69) is 26.2 Å². The van der Waals surface area contributed by atoms with Crippen molar-refractivity contribution in [2.45, 2.75) is 26.0 Å². The number of halogens is 2. The van der Waals surface area contributed by atoms with Gasteiger partial charge in [-0.2, -0.15) is 0 Å². The number of anilines is 1. The SMILES string of the molecule is C[C@@H]1CN([C@@H](C)CO)C(=O)c2cc(Br)cnc2O[C@@H]1CN(C)C(=O)Nc1ccc(F)cc1. The molecule has 0 spiro atoms. The second-order valence-electron chi connectivity index (χ2n) is 7.95. The molecule has 3 amide bonds. The summed E-state index contributed by atoms with van der Waals surface area (Å²) in [5, 5.41) is 12.4. The van der Waals surface area contributed by atoms with Crippen LogP contribution in [0.3, 0.4) is 0 Å². The van der Waals surface area contributed by atoms with Crippen LogP contribution in [0.25, 0.3) is 0 Å². The van der Waals surface area contributed by atoms with Crippen LogP contribution in [0.5, 0.6) is 5.88 Å². The smallest absolute Gasteiger partial charge is 0.321 e. The first-order valence-electron chi connectivity index (χ1n) is 10.2. The summed E-state index contributed by atoms with van der Waals surface area (Å²) in [5.74, 6) is -0.644. The summed E-state index contributed by atoms with van der Waals surface area (Å²) in [6.07, 6.45) is 1.08. The van der Waals surface area contributed by atoms with E-state index in [9.17, 15) is 19.1 Å². The number of carbonyl (C=O) groups is 2. The molecule has 0 saturated carbocycles. The van der Waals surface area contributed by atoms with Crippen molar-refractivity contribution in [3.8, 4) is 5.88 Å². The molecule has 1 aliphatic heterocycles. The summed E-state index contributed by atoms with van der Waals surface area (Å²) in [4.78, 5) is 33.1. The van der Waals surface area contributed by atoms with Crippen LogP contribution >= 0.6 is 15.9 Å². The van der Waals surface area contributed by atoms with Gasteiger partial charge in [0, 0.05) is 35.9 Å². The van der Waals surface area contributed by atoms with Crippen molar-refractivity contribution in [3.63, 3.8) is 0 Å². The van der Waals surface area contributed by atoms with Crippen LogP contribution in [0.2, 0.25) is 0 Å². The Labute approximate surface area is 194 Å². The van der Waals surface area contributed by atoms with Gasteiger partial charge in [0.15, 0.2) is 0 Å². The molecule has 1 aliphatic rings. The number of hydrogen-bond donors (Lipinski definition) is 2. The molecule has 172 valence electrons. The van der Waals surface area contributed by atoms with E-state index < -0.39 is 12.1 Å². The molecule has 2 N–H and O–H groups in total. The molecule has 8 nitrogen and oxygen atoms in total. The van der Waals surface area contributed by atoms with E-state index in [-0.39, 0.29) is 48.3 Å². The number of likely N-dealkylation sites (N-methyl/N-ethyl adjacent to an activating group) is 1. The molecule has 1 aromatic heterocycles. The van der Waals surface area contributed by atoms with Crippen LogP contribution in [0, 0.1) is 11.7 Å².